The molecule has 0 spiro atoms. The molecule has 2 saturated heterocycles. The van der Waals surface area contributed by atoms with Gasteiger partial charge in [-0.2, -0.15) is 13.2 Å². The van der Waals surface area contributed by atoms with Crippen LogP contribution in [-0.2, 0) is 15.7 Å². The first-order chi connectivity index (χ1) is 24.5. The summed E-state index contributed by atoms with van der Waals surface area (Å²) in [6.45, 7) is 8.51. The van der Waals surface area contributed by atoms with Crippen LogP contribution in [0.5, 0.6) is 0 Å². The zero-order valence-corrected chi connectivity index (χ0v) is 30.1. The van der Waals surface area contributed by atoms with Crippen LogP contribution in [0.1, 0.15) is 91.5 Å². The molecule has 6 rings (SSSR count). The highest BCUT2D eigenvalue weighted by molar-refractivity contribution is 5.98. The molecule has 3 fully saturated rings. The van der Waals surface area contributed by atoms with Crippen LogP contribution in [0, 0.1) is 31.5 Å². The molecule has 3 amide bonds. The highest BCUT2D eigenvalue weighted by atomic mass is 19.4. The van der Waals surface area contributed by atoms with E-state index in [1.54, 1.807) is 33.8 Å². The van der Waals surface area contributed by atoms with Gasteiger partial charge in [0.1, 0.15) is 11.4 Å². The van der Waals surface area contributed by atoms with Gasteiger partial charge in [-0.1, -0.05) is 43.2 Å². The van der Waals surface area contributed by atoms with Crippen molar-refractivity contribution in [3.8, 4) is 0 Å². The van der Waals surface area contributed by atoms with E-state index in [2.05, 4.69) is 10.6 Å². The molecule has 3 aliphatic rings. The number of amides is 3. The van der Waals surface area contributed by atoms with Gasteiger partial charge in [-0.05, 0) is 107 Å². The van der Waals surface area contributed by atoms with Crippen molar-refractivity contribution in [1.82, 2.24) is 9.80 Å². The summed E-state index contributed by atoms with van der Waals surface area (Å²) in [5, 5.41) is 6.26. The number of rotatable bonds is 6. The number of halogens is 4. The molecule has 0 radical (unpaired) electrons. The number of carbonyl (C=O) groups excluding carboxylic acids is 3. The average molecular weight is 723 g/mol. The molecule has 278 valence electrons. The molecule has 1 saturated carbocycles. The Morgan fingerprint density at radius 3 is 2.17 bits per heavy atom. The molecule has 2 N–H and O–H groups in total. The van der Waals surface area contributed by atoms with Gasteiger partial charge in [-0.3, -0.25) is 9.59 Å². The van der Waals surface area contributed by atoms with Crippen LogP contribution in [0.2, 0.25) is 0 Å². The van der Waals surface area contributed by atoms with E-state index in [4.69, 9.17) is 4.74 Å². The summed E-state index contributed by atoms with van der Waals surface area (Å²) < 4.78 is 62.8. The predicted octanol–water partition coefficient (Wildman–Crippen LogP) is 8.89. The Bertz CT molecular complexity index is 1800. The van der Waals surface area contributed by atoms with E-state index >= 15 is 4.39 Å². The fourth-order valence-electron chi connectivity index (χ4n) is 8.01. The lowest BCUT2D eigenvalue weighted by Crippen LogP contribution is -2.55. The van der Waals surface area contributed by atoms with Crippen molar-refractivity contribution in [3.63, 3.8) is 0 Å². The Hall–Kier alpha value is -4.61. The first-order valence-corrected chi connectivity index (χ1v) is 17.9. The number of fused-ring (bicyclic) bond motifs is 1. The summed E-state index contributed by atoms with van der Waals surface area (Å²) in [4.78, 5) is 45.6. The lowest BCUT2D eigenvalue weighted by Gasteiger charge is -2.47. The van der Waals surface area contributed by atoms with Crippen molar-refractivity contribution >= 4 is 29.3 Å². The summed E-state index contributed by atoms with van der Waals surface area (Å²) >= 11 is 0. The van der Waals surface area contributed by atoms with Gasteiger partial charge in [0, 0.05) is 30.5 Å². The van der Waals surface area contributed by atoms with Crippen LogP contribution in [0.3, 0.4) is 0 Å². The number of hydrogen-bond acceptors (Lipinski definition) is 5. The van der Waals surface area contributed by atoms with Gasteiger partial charge in [0.2, 0.25) is 5.91 Å². The van der Waals surface area contributed by atoms with E-state index < -0.39 is 65.0 Å². The quantitative estimate of drug-likeness (QED) is 0.248. The van der Waals surface area contributed by atoms with Gasteiger partial charge in [0.15, 0.2) is 0 Å². The number of benzene rings is 3. The summed E-state index contributed by atoms with van der Waals surface area (Å²) in [5.74, 6) is -3.33. The maximum absolute atomic E-state index is 15.6. The molecular formula is C40H46F4N4O4. The van der Waals surface area contributed by atoms with E-state index in [1.165, 1.54) is 41.0 Å². The number of alkyl halides is 3. The molecule has 2 heterocycles. The number of carbonyl (C=O) groups is 3. The highest BCUT2D eigenvalue weighted by Crippen LogP contribution is 2.47. The van der Waals surface area contributed by atoms with Crippen molar-refractivity contribution in [2.75, 3.05) is 23.7 Å². The fourth-order valence-corrected chi connectivity index (χ4v) is 8.01. The minimum absolute atomic E-state index is 0.0143. The molecule has 1 unspecified atom stereocenters. The van der Waals surface area contributed by atoms with Gasteiger partial charge in [-0.25, -0.2) is 9.18 Å². The van der Waals surface area contributed by atoms with E-state index in [9.17, 15) is 27.6 Å². The summed E-state index contributed by atoms with van der Waals surface area (Å²) in [5.41, 5.74) is 0.0716. The van der Waals surface area contributed by atoms with Crippen LogP contribution >= 0.6 is 0 Å². The van der Waals surface area contributed by atoms with E-state index in [0.717, 1.165) is 37.4 Å². The number of anilines is 2. The van der Waals surface area contributed by atoms with Crippen LogP contribution in [0.25, 0.3) is 0 Å². The van der Waals surface area contributed by atoms with E-state index in [0.29, 0.717) is 17.2 Å². The number of aryl methyl sites for hydroxylation is 2. The smallest absolute Gasteiger partial charge is 0.416 e. The van der Waals surface area contributed by atoms with Crippen LogP contribution < -0.4 is 10.6 Å². The minimum Gasteiger partial charge on any atom is -0.444 e. The molecule has 3 aromatic rings. The predicted molar refractivity (Wildman–Crippen MR) is 190 cm³/mol. The largest absolute Gasteiger partial charge is 0.444 e. The van der Waals surface area contributed by atoms with E-state index in [1.807, 2.05) is 24.3 Å². The zero-order valence-electron chi connectivity index (χ0n) is 30.1. The number of nitrogens with zero attached hydrogens (tertiary/aromatic N) is 2. The fraction of sp³-hybridized carbons (Fsp3) is 0.475. The number of hydrogen-bond donors (Lipinski definition) is 2. The summed E-state index contributed by atoms with van der Waals surface area (Å²) in [7, 11) is 0. The molecule has 1 aliphatic carbocycles. The second-order valence-electron chi connectivity index (χ2n) is 15.4. The lowest BCUT2D eigenvalue weighted by atomic mass is 9.76. The normalized spacial score (nSPS) is 22.2. The van der Waals surface area contributed by atoms with Gasteiger partial charge in [0.25, 0.3) is 5.91 Å². The molecule has 2 aliphatic heterocycles. The Kier molecular flexibility index (Phi) is 10.3. The highest BCUT2D eigenvalue weighted by Gasteiger charge is 2.53. The number of piperidine rings is 1. The van der Waals surface area contributed by atoms with Crippen LogP contribution in [0.15, 0.2) is 60.7 Å². The van der Waals surface area contributed by atoms with E-state index in [-0.39, 0.29) is 36.3 Å². The summed E-state index contributed by atoms with van der Waals surface area (Å²) in [6.07, 6.45) is -0.580. The van der Waals surface area contributed by atoms with Gasteiger partial charge in [0.05, 0.1) is 29.1 Å². The second-order valence-corrected chi connectivity index (χ2v) is 15.4. The monoisotopic (exact) mass is 722 g/mol. The van der Waals surface area contributed by atoms with Crippen molar-refractivity contribution < 1.29 is 36.7 Å². The minimum atomic E-state index is -4.63. The van der Waals surface area contributed by atoms with Crippen molar-refractivity contribution in [2.24, 2.45) is 11.8 Å². The molecule has 8 nitrogen and oxygen atoms in total. The van der Waals surface area contributed by atoms with Crippen LogP contribution in [0.4, 0.5) is 33.7 Å². The molecule has 0 aromatic heterocycles. The van der Waals surface area contributed by atoms with Crippen LogP contribution in [-0.4, -0.2) is 58.5 Å². The third-order valence-electron chi connectivity index (χ3n) is 10.4. The topological polar surface area (TPSA) is 91.0 Å². The summed E-state index contributed by atoms with van der Waals surface area (Å²) in [6, 6.07) is 14.2. The second kappa shape index (κ2) is 14.4. The lowest BCUT2D eigenvalue weighted by molar-refractivity contribution is -0.138. The third kappa shape index (κ3) is 7.90. The Morgan fingerprint density at radius 2 is 1.54 bits per heavy atom. The molecule has 0 bridgehead atoms. The molecule has 4 atom stereocenters. The molecule has 12 heteroatoms. The Labute approximate surface area is 301 Å². The van der Waals surface area contributed by atoms with Gasteiger partial charge < -0.3 is 25.2 Å². The SMILES string of the molecule is Cc1ccc(NC(=O)[C@H]2CC3CN(C(=O)OC(C)(C)C)C[C@H]3N(C(=O)c3c(C)cccc3F)[C@H]2c2ccc(NC3CCCC3)cc2)cc1C(F)(F)F. The molecule has 3 aromatic carbocycles. The van der Waals surface area contributed by atoms with Crippen molar-refractivity contribution in [2.45, 2.75) is 96.6 Å². The van der Waals surface area contributed by atoms with Crippen molar-refractivity contribution in [1.29, 1.82) is 0 Å². The maximum Gasteiger partial charge on any atom is 0.416 e. The number of nitrogens with one attached hydrogen (secondary N) is 2. The Balaban J connectivity index is 1.43. The Morgan fingerprint density at radius 1 is 0.865 bits per heavy atom. The average Bonchev–Trinajstić information content (AvgIpc) is 3.74. The standard InChI is InChI=1S/C40H46F4N4O4/c1-23-13-16-29(20-31(23)40(42,43)44)46-36(49)30-19-26-21-47(38(51)52-39(3,4)5)22-33(26)48(37(50)34-24(2)9-8-12-32(34)41)35(30)25-14-17-28(18-15-25)45-27-10-6-7-11-27/h8-9,12-18,20,26-27,30,33,35,45H,6-7,10-11,19,21-22H2,1-5H3,(H,46,49)/t26?,30-,33+,35-/m0/s1. The van der Waals surface area contributed by atoms with Crippen molar-refractivity contribution in [3.05, 3.63) is 94.3 Å². The maximum atomic E-state index is 15.6. The van der Waals surface area contributed by atoms with Gasteiger partial charge >= 0.3 is 12.3 Å². The number of ether oxygens (including phenoxy) is 1. The first-order valence-electron chi connectivity index (χ1n) is 17.9. The third-order valence-corrected chi connectivity index (χ3v) is 10.4. The van der Waals surface area contributed by atoms with Gasteiger partial charge in [-0.15, -0.1) is 0 Å². The molecular weight excluding hydrogens is 676 g/mol. The zero-order chi connectivity index (χ0) is 37.5. The molecule has 52 heavy (non-hydrogen) atoms. The number of likely N-dealkylation sites (tertiary alicyclic amines) is 2. The first kappa shape index (κ1) is 37.2.